The fraction of sp³-hybridized carbons (Fsp3) is 0.458. The summed E-state index contributed by atoms with van der Waals surface area (Å²) in [4.78, 5) is 15.2. The van der Waals surface area contributed by atoms with Crippen LogP contribution in [-0.2, 0) is 9.53 Å². The van der Waals surface area contributed by atoms with Gasteiger partial charge >= 0.3 is 0 Å². The van der Waals surface area contributed by atoms with Gasteiger partial charge in [0.05, 0.1) is 12.7 Å². The number of carbonyl (C=O) groups is 1. The average Bonchev–Trinajstić information content (AvgIpc) is 2.71. The van der Waals surface area contributed by atoms with E-state index in [1.54, 1.807) is 7.11 Å². The highest BCUT2D eigenvalue weighted by molar-refractivity contribution is 5.78. The van der Waals surface area contributed by atoms with Crippen LogP contribution in [0.15, 0.2) is 54.6 Å². The minimum atomic E-state index is -0.182. The number of hydrogen-bond donors (Lipinski definition) is 0. The lowest BCUT2D eigenvalue weighted by Gasteiger charge is -2.40. The molecule has 4 heteroatoms. The van der Waals surface area contributed by atoms with E-state index in [-0.39, 0.29) is 23.5 Å². The Bertz CT molecular complexity index is 787. The summed E-state index contributed by atoms with van der Waals surface area (Å²) in [5, 5.41) is 0. The van der Waals surface area contributed by atoms with E-state index in [9.17, 15) is 4.79 Å². The highest BCUT2D eigenvalue weighted by Crippen LogP contribution is 2.35. The molecule has 2 atom stereocenters. The molecule has 1 fully saturated rings. The van der Waals surface area contributed by atoms with E-state index in [1.165, 1.54) is 0 Å². The van der Waals surface area contributed by atoms with Gasteiger partial charge in [0.1, 0.15) is 5.75 Å². The van der Waals surface area contributed by atoms with Gasteiger partial charge in [-0.05, 0) is 38.3 Å². The van der Waals surface area contributed by atoms with E-state index < -0.39 is 0 Å². The lowest BCUT2D eigenvalue weighted by Crippen LogP contribution is -2.47. The van der Waals surface area contributed by atoms with Crippen molar-refractivity contribution in [2.45, 2.75) is 50.7 Å². The molecule has 0 saturated carbocycles. The molecular formula is C24H31NO3. The van der Waals surface area contributed by atoms with Crippen molar-refractivity contribution in [3.05, 3.63) is 65.7 Å². The molecule has 0 aromatic heterocycles. The number of methoxy groups -OCH3 is 1. The minimum Gasteiger partial charge on any atom is -0.496 e. The Morgan fingerprint density at radius 3 is 2.54 bits per heavy atom. The van der Waals surface area contributed by atoms with Gasteiger partial charge in [0.2, 0.25) is 5.91 Å². The maximum Gasteiger partial charge on any atom is 0.223 e. The zero-order valence-electron chi connectivity index (χ0n) is 17.4. The van der Waals surface area contributed by atoms with E-state index >= 15 is 0 Å². The van der Waals surface area contributed by atoms with Crippen molar-refractivity contribution >= 4 is 5.91 Å². The smallest absolute Gasteiger partial charge is 0.223 e. The molecule has 1 aliphatic heterocycles. The van der Waals surface area contributed by atoms with Gasteiger partial charge in [-0.2, -0.15) is 0 Å². The Labute approximate surface area is 168 Å². The fourth-order valence-electron chi connectivity index (χ4n) is 4.10. The summed E-state index contributed by atoms with van der Waals surface area (Å²) in [6.07, 6.45) is 2.16. The van der Waals surface area contributed by atoms with Gasteiger partial charge in [-0.3, -0.25) is 4.79 Å². The summed E-state index contributed by atoms with van der Waals surface area (Å²) in [5.41, 5.74) is 1.99. The molecule has 1 saturated heterocycles. The van der Waals surface area contributed by atoms with Crippen molar-refractivity contribution in [2.24, 2.45) is 0 Å². The van der Waals surface area contributed by atoms with Crippen LogP contribution in [0.25, 0.3) is 0 Å². The number of rotatable bonds is 6. The van der Waals surface area contributed by atoms with Crippen LogP contribution in [0, 0.1) is 0 Å². The Hall–Kier alpha value is -2.33. The van der Waals surface area contributed by atoms with Crippen LogP contribution in [-0.4, -0.2) is 43.2 Å². The summed E-state index contributed by atoms with van der Waals surface area (Å²) in [6.45, 7) is 4.89. The van der Waals surface area contributed by atoms with E-state index in [0.29, 0.717) is 13.0 Å². The van der Waals surface area contributed by atoms with Gasteiger partial charge in [-0.15, -0.1) is 0 Å². The number of hydrogen-bond acceptors (Lipinski definition) is 3. The topological polar surface area (TPSA) is 38.8 Å². The molecule has 0 unspecified atom stereocenters. The zero-order chi connectivity index (χ0) is 20.1. The normalized spacial score (nSPS) is 19.6. The molecule has 4 nitrogen and oxygen atoms in total. The Morgan fingerprint density at radius 1 is 1.18 bits per heavy atom. The second-order valence-electron chi connectivity index (χ2n) is 8.17. The van der Waals surface area contributed by atoms with Crippen LogP contribution < -0.4 is 4.74 Å². The summed E-state index contributed by atoms with van der Waals surface area (Å²) in [5.74, 6) is 0.932. The van der Waals surface area contributed by atoms with E-state index in [0.717, 1.165) is 29.7 Å². The van der Waals surface area contributed by atoms with Crippen molar-refractivity contribution in [1.29, 1.82) is 0 Å². The van der Waals surface area contributed by atoms with E-state index in [2.05, 4.69) is 32.0 Å². The molecule has 2 aromatic carbocycles. The molecule has 150 valence electrons. The Kier molecular flexibility index (Phi) is 6.40. The lowest BCUT2D eigenvalue weighted by molar-refractivity contribution is -0.138. The first-order chi connectivity index (χ1) is 13.4. The number of benzene rings is 2. The summed E-state index contributed by atoms with van der Waals surface area (Å²) in [7, 11) is 3.61. The molecule has 1 heterocycles. The molecule has 0 spiro atoms. The van der Waals surface area contributed by atoms with Crippen LogP contribution >= 0.6 is 0 Å². The molecule has 2 aromatic rings. The van der Waals surface area contributed by atoms with Gasteiger partial charge < -0.3 is 14.4 Å². The molecule has 28 heavy (non-hydrogen) atoms. The maximum absolute atomic E-state index is 13.3. The number of para-hydroxylation sites is 1. The van der Waals surface area contributed by atoms with E-state index in [4.69, 9.17) is 9.47 Å². The largest absolute Gasteiger partial charge is 0.496 e. The first kappa shape index (κ1) is 20.4. The van der Waals surface area contributed by atoms with Crippen molar-refractivity contribution in [3.63, 3.8) is 0 Å². The molecule has 3 rings (SSSR count). The first-order valence-corrected chi connectivity index (χ1v) is 9.99. The first-order valence-electron chi connectivity index (χ1n) is 9.99. The van der Waals surface area contributed by atoms with Crippen LogP contribution in [0.5, 0.6) is 5.75 Å². The minimum absolute atomic E-state index is 0.0415. The zero-order valence-corrected chi connectivity index (χ0v) is 17.4. The standard InChI is InChI=1S/C24H31NO3/c1-24(2)17-19(14-15-28-24)25(3)23(26)16-21(18-10-6-5-7-11-18)20-12-8-9-13-22(20)27-4/h5-13,19,21H,14-17H2,1-4H3/t19-,21+/m0/s1. The highest BCUT2D eigenvalue weighted by Gasteiger charge is 2.33. The predicted molar refractivity (Wildman–Crippen MR) is 112 cm³/mol. The van der Waals surface area contributed by atoms with Crippen LogP contribution in [0.1, 0.15) is 50.2 Å². The van der Waals surface area contributed by atoms with Crippen LogP contribution in [0.2, 0.25) is 0 Å². The molecule has 0 bridgehead atoms. The van der Waals surface area contributed by atoms with Crippen molar-refractivity contribution in [3.8, 4) is 5.75 Å². The second kappa shape index (κ2) is 8.78. The lowest BCUT2D eigenvalue weighted by atomic mass is 9.86. The summed E-state index contributed by atoms with van der Waals surface area (Å²) in [6, 6.07) is 18.4. The highest BCUT2D eigenvalue weighted by atomic mass is 16.5. The van der Waals surface area contributed by atoms with Gasteiger partial charge in [-0.1, -0.05) is 48.5 Å². The molecule has 0 radical (unpaired) electrons. The van der Waals surface area contributed by atoms with Crippen LogP contribution in [0.3, 0.4) is 0 Å². The molecule has 0 N–H and O–H groups in total. The number of nitrogens with zero attached hydrogens (tertiary/aromatic N) is 1. The van der Waals surface area contributed by atoms with Gasteiger partial charge in [0.15, 0.2) is 0 Å². The van der Waals surface area contributed by atoms with E-state index in [1.807, 2.05) is 48.3 Å². The third-order valence-corrected chi connectivity index (χ3v) is 5.71. The Morgan fingerprint density at radius 2 is 1.86 bits per heavy atom. The molecule has 0 aliphatic carbocycles. The summed E-state index contributed by atoms with van der Waals surface area (Å²) < 4.78 is 11.4. The van der Waals surface area contributed by atoms with Gasteiger partial charge in [-0.25, -0.2) is 0 Å². The second-order valence-corrected chi connectivity index (χ2v) is 8.17. The quantitative estimate of drug-likeness (QED) is 0.732. The number of carbonyl (C=O) groups excluding carboxylic acids is 1. The fourth-order valence-corrected chi connectivity index (χ4v) is 4.10. The SMILES string of the molecule is COc1ccccc1[C@H](CC(=O)N(C)[C@H]1CCOC(C)(C)C1)c1ccccc1. The monoisotopic (exact) mass is 381 g/mol. The third kappa shape index (κ3) is 4.74. The number of ether oxygens (including phenoxy) is 2. The maximum atomic E-state index is 13.3. The van der Waals surface area contributed by atoms with Crippen molar-refractivity contribution in [2.75, 3.05) is 20.8 Å². The van der Waals surface area contributed by atoms with Crippen molar-refractivity contribution < 1.29 is 14.3 Å². The molecule has 1 amide bonds. The van der Waals surface area contributed by atoms with Crippen LogP contribution in [0.4, 0.5) is 0 Å². The molecular weight excluding hydrogens is 350 g/mol. The third-order valence-electron chi connectivity index (χ3n) is 5.71. The predicted octanol–water partition coefficient (Wildman–Crippen LogP) is 4.63. The van der Waals surface area contributed by atoms with Gasteiger partial charge in [0, 0.05) is 37.6 Å². The Balaban J connectivity index is 1.84. The van der Waals surface area contributed by atoms with Gasteiger partial charge in [0.25, 0.3) is 0 Å². The number of amides is 1. The average molecular weight is 382 g/mol. The van der Waals surface area contributed by atoms with Crippen molar-refractivity contribution in [1.82, 2.24) is 4.90 Å². The summed E-state index contributed by atoms with van der Waals surface area (Å²) >= 11 is 0. The molecule has 1 aliphatic rings.